The molecule has 1 aromatic heterocycles. The Kier molecular flexibility index (Phi) is 3.28. The lowest BCUT2D eigenvalue weighted by Crippen LogP contribution is -2.37. The minimum Gasteiger partial charge on any atom is -0.348 e. The van der Waals surface area contributed by atoms with Gasteiger partial charge in [0.2, 0.25) is 5.56 Å². The average molecular weight is 235 g/mol. The first kappa shape index (κ1) is 11.9. The molecule has 0 aromatic carbocycles. The van der Waals surface area contributed by atoms with E-state index < -0.39 is 0 Å². The van der Waals surface area contributed by atoms with Crippen molar-refractivity contribution < 1.29 is 4.79 Å². The van der Waals surface area contributed by atoms with Crippen LogP contribution in [0.1, 0.15) is 16.8 Å². The maximum absolute atomic E-state index is 11.9. The zero-order chi connectivity index (χ0) is 12.4. The minimum atomic E-state index is -0.110. The van der Waals surface area contributed by atoms with Crippen LogP contribution in [0.4, 0.5) is 0 Å². The molecule has 0 radical (unpaired) electrons. The maximum Gasteiger partial charge on any atom is 0.253 e. The third kappa shape index (κ3) is 2.74. The topological polar surface area (TPSA) is 54.3 Å². The van der Waals surface area contributed by atoms with Crippen molar-refractivity contribution in [3.63, 3.8) is 0 Å². The molecule has 0 saturated carbocycles. The largest absolute Gasteiger partial charge is 0.348 e. The second-order valence-electron chi connectivity index (χ2n) is 4.59. The highest BCUT2D eigenvalue weighted by atomic mass is 16.2. The molecule has 1 aliphatic heterocycles. The zero-order valence-electron chi connectivity index (χ0n) is 10.1. The molecule has 1 aromatic rings. The number of carbonyl (C=O) groups is 1. The van der Waals surface area contributed by atoms with E-state index in [1.165, 1.54) is 10.6 Å². The van der Waals surface area contributed by atoms with Gasteiger partial charge in [-0.3, -0.25) is 9.59 Å². The van der Waals surface area contributed by atoms with Gasteiger partial charge in [-0.1, -0.05) is 0 Å². The van der Waals surface area contributed by atoms with Crippen LogP contribution in [0.3, 0.4) is 0 Å². The van der Waals surface area contributed by atoms with E-state index in [1.807, 2.05) is 7.05 Å². The number of carbonyl (C=O) groups excluding carboxylic acids is 1. The Morgan fingerprint density at radius 2 is 2.18 bits per heavy atom. The Morgan fingerprint density at radius 3 is 2.76 bits per heavy atom. The summed E-state index contributed by atoms with van der Waals surface area (Å²) in [7, 11) is 3.68. The summed E-state index contributed by atoms with van der Waals surface area (Å²) in [6, 6.07) is 3.19. The lowest BCUT2D eigenvalue weighted by molar-refractivity contribution is 0.0937. The molecule has 2 rings (SSSR count). The van der Waals surface area contributed by atoms with E-state index in [1.54, 1.807) is 19.3 Å². The molecule has 92 valence electrons. The quantitative estimate of drug-likeness (QED) is 0.773. The predicted molar refractivity (Wildman–Crippen MR) is 65.1 cm³/mol. The lowest BCUT2D eigenvalue weighted by atomic mass is 10.2. The predicted octanol–water partition coefficient (Wildman–Crippen LogP) is -0.181. The normalized spacial score (nSPS) is 20.5. The van der Waals surface area contributed by atoms with Crippen LogP contribution in [0.15, 0.2) is 23.1 Å². The number of aryl methyl sites for hydroxylation is 1. The fraction of sp³-hybridized carbons (Fsp3) is 0.500. The van der Waals surface area contributed by atoms with Crippen LogP contribution in [-0.2, 0) is 7.05 Å². The van der Waals surface area contributed by atoms with Gasteiger partial charge < -0.3 is 14.8 Å². The fourth-order valence-corrected chi connectivity index (χ4v) is 2.05. The van der Waals surface area contributed by atoms with E-state index in [2.05, 4.69) is 10.2 Å². The van der Waals surface area contributed by atoms with Gasteiger partial charge in [-0.25, -0.2) is 0 Å². The number of amides is 1. The van der Waals surface area contributed by atoms with Gasteiger partial charge in [0.25, 0.3) is 5.91 Å². The number of likely N-dealkylation sites (N-methyl/N-ethyl adjacent to an activating group) is 1. The van der Waals surface area contributed by atoms with Crippen molar-refractivity contribution in [3.05, 3.63) is 34.2 Å². The highest BCUT2D eigenvalue weighted by molar-refractivity contribution is 5.94. The van der Waals surface area contributed by atoms with Gasteiger partial charge in [0.05, 0.1) is 5.56 Å². The zero-order valence-corrected chi connectivity index (χ0v) is 10.1. The Morgan fingerprint density at radius 1 is 1.41 bits per heavy atom. The van der Waals surface area contributed by atoms with Crippen molar-refractivity contribution in [3.8, 4) is 0 Å². The van der Waals surface area contributed by atoms with Crippen molar-refractivity contribution in [1.29, 1.82) is 0 Å². The molecule has 5 nitrogen and oxygen atoms in total. The molecule has 0 bridgehead atoms. The molecule has 1 aliphatic rings. The Labute approximate surface area is 100 Å². The summed E-state index contributed by atoms with van der Waals surface area (Å²) in [6.45, 7) is 1.90. The number of likely N-dealkylation sites (tertiary alicyclic amines) is 1. The molecule has 1 atom stereocenters. The van der Waals surface area contributed by atoms with E-state index in [9.17, 15) is 9.59 Å². The first-order valence-electron chi connectivity index (χ1n) is 5.72. The molecule has 1 amide bonds. The molecule has 17 heavy (non-hydrogen) atoms. The van der Waals surface area contributed by atoms with E-state index >= 15 is 0 Å². The van der Waals surface area contributed by atoms with E-state index in [4.69, 9.17) is 0 Å². The van der Waals surface area contributed by atoms with Crippen molar-refractivity contribution in [2.24, 2.45) is 7.05 Å². The molecule has 2 heterocycles. The van der Waals surface area contributed by atoms with Crippen LogP contribution in [0.2, 0.25) is 0 Å². The van der Waals surface area contributed by atoms with Gasteiger partial charge in [-0.15, -0.1) is 0 Å². The van der Waals surface area contributed by atoms with Crippen LogP contribution in [0.25, 0.3) is 0 Å². The number of nitrogens with zero attached hydrogens (tertiary/aromatic N) is 2. The fourth-order valence-electron chi connectivity index (χ4n) is 2.05. The molecule has 1 unspecified atom stereocenters. The second kappa shape index (κ2) is 4.71. The molecular formula is C12H17N3O2. The SMILES string of the molecule is CN1CCC(NC(=O)c2ccc(=O)n(C)c2)C1. The molecule has 5 heteroatoms. The average Bonchev–Trinajstić information content (AvgIpc) is 2.68. The lowest BCUT2D eigenvalue weighted by Gasteiger charge is -2.13. The maximum atomic E-state index is 11.9. The number of nitrogens with one attached hydrogen (secondary N) is 1. The van der Waals surface area contributed by atoms with Gasteiger partial charge in [0.1, 0.15) is 0 Å². The number of hydrogen-bond acceptors (Lipinski definition) is 3. The summed E-state index contributed by atoms with van der Waals surface area (Å²) in [5.41, 5.74) is 0.420. The van der Waals surface area contributed by atoms with E-state index in [-0.39, 0.29) is 17.5 Å². The Hall–Kier alpha value is -1.62. The van der Waals surface area contributed by atoms with Crippen molar-refractivity contribution in [2.75, 3.05) is 20.1 Å². The van der Waals surface area contributed by atoms with Gasteiger partial charge in [0.15, 0.2) is 0 Å². The van der Waals surface area contributed by atoms with Gasteiger partial charge >= 0.3 is 0 Å². The Balaban J connectivity index is 2.04. The summed E-state index contributed by atoms with van der Waals surface area (Å²) >= 11 is 0. The third-order valence-electron chi connectivity index (χ3n) is 3.07. The van der Waals surface area contributed by atoms with Crippen LogP contribution in [-0.4, -0.2) is 41.6 Å². The standard InChI is InChI=1S/C12H17N3O2/c1-14-6-5-10(8-14)13-12(17)9-3-4-11(16)15(2)7-9/h3-4,7,10H,5-6,8H2,1-2H3,(H,13,17). The molecule has 1 fully saturated rings. The third-order valence-corrected chi connectivity index (χ3v) is 3.07. The highest BCUT2D eigenvalue weighted by Crippen LogP contribution is 2.07. The monoisotopic (exact) mass is 235 g/mol. The summed E-state index contributed by atoms with van der Waals surface area (Å²) in [4.78, 5) is 25.3. The van der Waals surface area contributed by atoms with Crippen LogP contribution in [0, 0.1) is 0 Å². The summed E-state index contributed by atoms with van der Waals surface area (Å²) < 4.78 is 1.41. The first-order chi connectivity index (χ1) is 8.06. The summed E-state index contributed by atoms with van der Waals surface area (Å²) in [5.74, 6) is -0.110. The smallest absolute Gasteiger partial charge is 0.253 e. The van der Waals surface area contributed by atoms with Crippen molar-refractivity contribution in [1.82, 2.24) is 14.8 Å². The number of aromatic nitrogens is 1. The molecule has 1 saturated heterocycles. The summed E-state index contributed by atoms with van der Waals surface area (Å²) in [6.07, 6.45) is 2.55. The van der Waals surface area contributed by atoms with Crippen LogP contribution < -0.4 is 10.9 Å². The molecule has 0 aliphatic carbocycles. The van der Waals surface area contributed by atoms with Gasteiger partial charge in [-0.2, -0.15) is 0 Å². The number of rotatable bonds is 2. The number of hydrogen-bond donors (Lipinski definition) is 1. The molecule has 0 spiro atoms. The van der Waals surface area contributed by atoms with Crippen LogP contribution >= 0.6 is 0 Å². The van der Waals surface area contributed by atoms with Crippen molar-refractivity contribution in [2.45, 2.75) is 12.5 Å². The van der Waals surface area contributed by atoms with Crippen LogP contribution in [0.5, 0.6) is 0 Å². The minimum absolute atomic E-state index is 0.109. The van der Waals surface area contributed by atoms with Gasteiger partial charge in [-0.05, 0) is 26.1 Å². The molecular weight excluding hydrogens is 218 g/mol. The van der Waals surface area contributed by atoms with Gasteiger partial charge in [0, 0.05) is 31.9 Å². The first-order valence-corrected chi connectivity index (χ1v) is 5.72. The highest BCUT2D eigenvalue weighted by Gasteiger charge is 2.21. The number of pyridine rings is 1. The van der Waals surface area contributed by atoms with Crippen molar-refractivity contribution >= 4 is 5.91 Å². The van der Waals surface area contributed by atoms with E-state index in [0.717, 1.165) is 19.5 Å². The second-order valence-corrected chi connectivity index (χ2v) is 4.59. The Bertz CT molecular complexity index is 481. The summed E-state index contributed by atoms with van der Waals surface area (Å²) in [5, 5.41) is 2.98. The van der Waals surface area contributed by atoms with E-state index in [0.29, 0.717) is 5.56 Å². The molecule has 1 N–H and O–H groups in total.